The number of benzene rings is 1. The molecule has 22 heavy (non-hydrogen) atoms. The van der Waals surface area contributed by atoms with Gasteiger partial charge in [0, 0.05) is 24.9 Å². The van der Waals surface area contributed by atoms with Gasteiger partial charge in [-0.25, -0.2) is 9.97 Å². The molecular formula is C17H18N4O. The maximum atomic E-state index is 5.41. The molecule has 0 atom stereocenters. The minimum atomic E-state index is 0.418. The minimum absolute atomic E-state index is 0.418. The van der Waals surface area contributed by atoms with Crippen LogP contribution in [0.15, 0.2) is 42.7 Å². The molecule has 5 nitrogen and oxygen atoms in total. The molecule has 3 aromatic rings. The lowest BCUT2D eigenvalue weighted by atomic mass is 10.1. The molecule has 0 amide bonds. The van der Waals surface area contributed by atoms with Gasteiger partial charge in [0.25, 0.3) is 0 Å². The molecule has 1 aromatic carbocycles. The van der Waals surface area contributed by atoms with Crippen LogP contribution in [0.5, 0.6) is 0 Å². The summed E-state index contributed by atoms with van der Waals surface area (Å²) in [5.74, 6) is 0.898. The standard InChI is InChI=1S/C17H18N4O/c1-2-4-12(5-3-1)15-10-14-16(18-11-19-17(14)21-15)20-13-6-8-22-9-7-13/h1-5,10-11,13H,6-9H2,(H2,18,19,20,21). The van der Waals surface area contributed by atoms with Crippen molar-refractivity contribution in [3.05, 3.63) is 42.7 Å². The summed E-state index contributed by atoms with van der Waals surface area (Å²) in [6, 6.07) is 12.8. The average Bonchev–Trinajstić information content (AvgIpc) is 3.02. The van der Waals surface area contributed by atoms with Gasteiger partial charge in [-0.15, -0.1) is 0 Å². The lowest BCUT2D eigenvalue weighted by molar-refractivity contribution is 0.0904. The van der Waals surface area contributed by atoms with E-state index in [0.717, 1.165) is 54.2 Å². The van der Waals surface area contributed by atoms with Crippen LogP contribution in [-0.4, -0.2) is 34.2 Å². The molecule has 4 rings (SSSR count). The minimum Gasteiger partial charge on any atom is -0.381 e. The zero-order chi connectivity index (χ0) is 14.8. The van der Waals surface area contributed by atoms with Crippen molar-refractivity contribution in [2.75, 3.05) is 18.5 Å². The summed E-state index contributed by atoms with van der Waals surface area (Å²) in [5, 5.41) is 4.57. The van der Waals surface area contributed by atoms with Crippen LogP contribution >= 0.6 is 0 Å². The van der Waals surface area contributed by atoms with E-state index in [-0.39, 0.29) is 0 Å². The highest BCUT2D eigenvalue weighted by atomic mass is 16.5. The Morgan fingerprint density at radius 3 is 2.73 bits per heavy atom. The highest BCUT2D eigenvalue weighted by Crippen LogP contribution is 2.27. The van der Waals surface area contributed by atoms with E-state index in [0.29, 0.717) is 6.04 Å². The van der Waals surface area contributed by atoms with Gasteiger partial charge in [0.05, 0.1) is 5.39 Å². The van der Waals surface area contributed by atoms with Gasteiger partial charge in [-0.3, -0.25) is 0 Å². The first-order chi connectivity index (χ1) is 10.9. The first-order valence-corrected chi connectivity index (χ1v) is 7.63. The molecule has 0 radical (unpaired) electrons. The van der Waals surface area contributed by atoms with Gasteiger partial charge in [-0.2, -0.15) is 0 Å². The Morgan fingerprint density at radius 1 is 1.09 bits per heavy atom. The van der Waals surface area contributed by atoms with Crippen LogP contribution in [0.1, 0.15) is 12.8 Å². The first kappa shape index (κ1) is 13.3. The number of nitrogens with zero attached hydrogens (tertiary/aromatic N) is 2. The van der Waals surface area contributed by atoms with Crippen LogP contribution < -0.4 is 5.32 Å². The number of ether oxygens (including phenoxy) is 1. The van der Waals surface area contributed by atoms with E-state index in [1.54, 1.807) is 6.33 Å². The molecule has 2 aromatic heterocycles. The van der Waals surface area contributed by atoms with Crippen LogP contribution in [0.4, 0.5) is 5.82 Å². The summed E-state index contributed by atoms with van der Waals surface area (Å²) < 4.78 is 5.41. The summed E-state index contributed by atoms with van der Waals surface area (Å²) in [6.07, 6.45) is 3.64. The number of hydrogen-bond donors (Lipinski definition) is 2. The third kappa shape index (κ3) is 2.55. The molecule has 112 valence electrons. The normalized spacial score (nSPS) is 16.0. The third-order valence-corrected chi connectivity index (χ3v) is 4.07. The predicted octanol–water partition coefficient (Wildman–Crippen LogP) is 3.22. The molecule has 1 saturated heterocycles. The Hall–Kier alpha value is -2.40. The van der Waals surface area contributed by atoms with Crippen molar-refractivity contribution in [1.82, 2.24) is 15.0 Å². The van der Waals surface area contributed by atoms with Crippen molar-refractivity contribution in [2.45, 2.75) is 18.9 Å². The SMILES string of the molecule is c1ccc(-c2cc3c(NC4CCOCC4)ncnc3[nH]2)cc1. The van der Waals surface area contributed by atoms with Crippen LogP contribution in [0.25, 0.3) is 22.3 Å². The number of nitrogens with one attached hydrogen (secondary N) is 2. The Bertz CT molecular complexity index is 763. The highest BCUT2D eigenvalue weighted by molar-refractivity contribution is 5.91. The summed E-state index contributed by atoms with van der Waals surface area (Å²) in [6.45, 7) is 1.63. The van der Waals surface area contributed by atoms with Crippen molar-refractivity contribution in [1.29, 1.82) is 0 Å². The zero-order valence-corrected chi connectivity index (χ0v) is 12.2. The molecule has 0 aliphatic carbocycles. The van der Waals surface area contributed by atoms with E-state index in [1.165, 1.54) is 0 Å². The lowest BCUT2D eigenvalue weighted by Gasteiger charge is -2.23. The van der Waals surface area contributed by atoms with E-state index in [4.69, 9.17) is 4.74 Å². The molecule has 0 spiro atoms. The summed E-state index contributed by atoms with van der Waals surface area (Å²) in [7, 11) is 0. The third-order valence-electron chi connectivity index (χ3n) is 4.07. The predicted molar refractivity (Wildman–Crippen MR) is 86.8 cm³/mol. The second-order valence-electron chi connectivity index (χ2n) is 5.56. The van der Waals surface area contributed by atoms with Gasteiger partial charge in [0.2, 0.25) is 0 Å². The van der Waals surface area contributed by atoms with E-state index < -0.39 is 0 Å². The van der Waals surface area contributed by atoms with E-state index in [2.05, 4.69) is 38.5 Å². The van der Waals surface area contributed by atoms with Crippen LogP contribution in [-0.2, 0) is 4.74 Å². The fourth-order valence-electron chi connectivity index (χ4n) is 2.86. The molecule has 2 N–H and O–H groups in total. The molecule has 1 aliphatic rings. The Labute approximate surface area is 128 Å². The number of anilines is 1. The molecule has 0 saturated carbocycles. The van der Waals surface area contributed by atoms with Gasteiger partial charge in [-0.1, -0.05) is 30.3 Å². The number of aromatic amines is 1. The van der Waals surface area contributed by atoms with Crippen molar-refractivity contribution >= 4 is 16.9 Å². The fraction of sp³-hybridized carbons (Fsp3) is 0.294. The highest BCUT2D eigenvalue weighted by Gasteiger charge is 2.16. The molecule has 5 heteroatoms. The number of H-pyrrole nitrogens is 1. The van der Waals surface area contributed by atoms with Crippen molar-refractivity contribution in [2.24, 2.45) is 0 Å². The van der Waals surface area contributed by atoms with E-state index in [1.807, 2.05) is 18.2 Å². The van der Waals surface area contributed by atoms with Gasteiger partial charge < -0.3 is 15.0 Å². The van der Waals surface area contributed by atoms with Crippen molar-refractivity contribution < 1.29 is 4.74 Å². The van der Waals surface area contributed by atoms with Crippen molar-refractivity contribution in [3.63, 3.8) is 0 Å². The average molecular weight is 294 g/mol. The largest absolute Gasteiger partial charge is 0.381 e. The number of hydrogen-bond acceptors (Lipinski definition) is 4. The second-order valence-corrected chi connectivity index (χ2v) is 5.56. The summed E-state index contributed by atoms with van der Waals surface area (Å²) in [4.78, 5) is 12.1. The van der Waals surface area contributed by atoms with E-state index >= 15 is 0 Å². The number of rotatable bonds is 3. The second kappa shape index (κ2) is 5.77. The molecule has 1 aliphatic heterocycles. The van der Waals surface area contributed by atoms with Crippen LogP contribution in [0, 0.1) is 0 Å². The Morgan fingerprint density at radius 2 is 1.91 bits per heavy atom. The molecule has 3 heterocycles. The van der Waals surface area contributed by atoms with Crippen LogP contribution in [0.3, 0.4) is 0 Å². The maximum Gasteiger partial charge on any atom is 0.143 e. The van der Waals surface area contributed by atoms with Gasteiger partial charge in [-0.05, 0) is 24.5 Å². The van der Waals surface area contributed by atoms with E-state index in [9.17, 15) is 0 Å². The Balaban J connectivity index is 1.69. The molecule has 1 fully saturated rings. The summed E-state index contributed by atoms with van der Waals surface area (Å²) in [5.41, 5.74) is 3.08. The van der Waals surface area contributed by atoms with Gasteiger partial charge in [0.1, 0.15) is 17.8 Å². The number of aromatic nitrogens is 3. The van der Waals surface area contributed by atoms with Crippen molar-refractivity contribution in [3.8, 4) is 11.3 Å². The van der Waals surface area contributed by atoms with Crippen LogP contribution in [0.2, 0.25) is 0 Å². The monoisotopic (exact) mass is 294 g/mol. The maximum absolute atomic E-state index is 5.41. The summed E-state index contributed by atoms with van der Waals surface area (Å²) >= 11 is 0. The molecular weight excluding hydrogens is 276 g/mol. The molecule has 0 unspecified atom stereocenters. The quantitative estimate of drug-likeness (QED) is 0.778. The molecule has 0 bridgehead atoms. The number of fused-ring (bicyclic) bond motifs is 1. The lowest BCUT2D eigenvalue weighted by Crippen LogP contribution is -2.28. The van der Waals surface area contributed by atoms with Gasteiger partial charge >= 0.3 is 0 Å². The fourth-order valence-corrected chi connectivity index (χ4v) is 2.86. The van der Waals surface area contributed by atoms with Gasteiger partial charge in [0.15, 0.2) is 0 Å². The smallest absolute Gasteiger partial charge is 0.143 e. The first-order valence-electron chi connectivity index (χ1n) is 7.63. The Kier molecular flexibility index (Phi) is 3.48. The topological polar surface area (TPSA) is 62.8 Å². The zero-order valence-electron chi connectivity index (χ0n) is 12.2.